The molecule has 1 fully saturated rings. The molecule has 174 valence electrons. The summed E-state index contributed by atoms with van der Waals surface area (Å²) in [6, 6.07) is 11.0. The van der Waals surface area contributed by atoms with Gasteiger partial charge in [0, 0.05) is 23.7 Å². The van der Waals surface area contributed by atoms with Crippen LogP contribution in [0.1, 0.15) is 49.4 Å². The fourth-order valence-corrected chi connectivity index (χ4v) is 5.22. The van der Waals surface area contributed by atoms with Gasteiger partial charge in [-0.25, -0.2) is 8.78 Å². The molecule has 0 saturated carbocycles. The highest BCUT2D eigenvalue weighted by atomic mass is 19.3. The molecule has 3 aromatic rings. The molecule has 1 N–H and O–H groups in total. The number of hydrogen-bond donors (Lipinski definition) is 1. The number of aromatic nitrogens is 2. The summed E-state index contributed by atoms with van der Waals surface area (Å²) in [5.74, 6) is 1.32. The third kappa shape index (κ3) is 4.02. The van der Waals surface area contributed by atoms with Gasteiger partial charge in [0.05, 0.1) is 18.3 Å². The van der Waals surface area contributed by atoms with Crippen LogP contribution < -0.4 is 4.74 Å². The molecule has 2 unspecified atom stereocenters. The van der Waals surface area contributed by atoms with E-state index in [0.717, 1.165) is 24.9 Å². The summed E-state index contributed by atoms with van der Waals surface area (Å²) in [7, 11) is 0. The van der Waals surface area contributed by atoms with Crippen molar-refractivity contribution >= 4 is 0 Å². The monoisotopic (exact) mass is 455 g/mol. The van der Waals surface area contributed by atoms with Gasteiger partial charge in [0.2, 0.25) is 5.82 Å². The van der Waals surface area contributed by atoms with Crippen molar-refractivity contribution in [2.45, 2.75) is 45.3 Å². The second kappa shape index (κ2) is 8.83. The molecular formula is C25H27F2N3O3. The fraction of sp³-hybridized carbons (Fsp3) is 0.440. The molecule has 0 spiro atoms. The molecule has 0 amide bonds. The van der Waals surface area contributed by atoms with Crippen LogP contribution in [-0.2, 0) is 6.42 Å². The Morgan fingerprint density at radius 3 is 2.85 bits per heavy atom. The summed E-state index contributed by atoms with van der Waals surface area (Å²) < 4.78 is 38.3. The lowest BCUT2D eigenvalue weighted by Gasteiger charge is -2.24. The van der Waals surface area contributed by atoms with E-state index >= 15 is 0 Å². The number of β-amino-alcohol motifs (C(OH)–C–C–N with tert-alkyl or cyclic N) is 1. The smallest absolute Gasteiger partial charge is 0.267 e. The third-order valence-electron chi connectivity index (χ3n) is 6.53. The van der Waals surface area contributed by atoms with Crippen molar-refractivity contribution in [1.82, 2.24) is 15.0 Å². The second-order valence-electron chi connectivity index (χ2n) is 8.97. The molecule has 2 aromatic carbocycles. The molecule has 33 heavy (non-hydrogen) atoms. The normalized spacial score (nSPS) is 20.0. The minimum atomic E-state index is -2.68. The first kappa shape index (κ1) is 22.0. The summed E-state index contributed by atoms with van der Waals surface area (Å²) >= 11 is 0. The van der Waals surface area contributed by atoms with Crippen LogP contribution in [-0.4, -0.2) is 45.9 Å². The molecule has 5 rings (SSSR count). The summed E-state index contributed by atoms with van der Waals surface area (Å²) in [6.45, 7) is 5.40. The number of benzene rings is 2. The summed E-state index contributed by atoms with van der Waals surface area (Å²) in [6.07, 6.45) is -0.868. The van der Waals surface area contributed by atoms with Gasteiger partial charge in [-0.15, -0.1) is 0 Å². The zero-order valence-corrected chi connectivity index (χ0v) is 18.7. The van der Waals surface area contributed by atoms with Crippen LogP contribution >= 0.6 is 0 Å². The first-order valence-electron chi connectivity index (χ1n) is 11.4. The molecule has 2 atom stereocenters. The Balaban J connectivity index is 1.47. The highest BCUT2D eigenvalue weighted by Crippen LogP contribution is 2.48. The predicted octanol–water partition coefficient (Wildman–Crippen LogP) is 5.04. The van der Waals surface area contributed by atoms with Crippen molar-refractivity contribution in [3.8, 4) is 28.6 Å². The van der Waals surface area contributed by atoms with Crippen molar-refractivity contribution < 1.29 is 23.1 Å². The van der Waals surface area contributed by atoms with E-state index in [4.69, 9.17) is 9.26 Å². The van der Waals surface area contributed by atoms with Gasteiger partial charge >= 0.3 is 0 Å². The number of likely N-dealkylation sites (tertiary alicyclic amines) is 1. The van der Waals surface area contributed by atoms with E-state index in [1.807, 2.05) is 12.1 Å². The fourth-order valence-electron chi connectivity index (χ4n) is 5.22. The Kier molecular flexibility index (Phi) is 5.88. The number of halogens is 2. The zero-order valence-electron chi connectivity index (χ0n) is 18.7. The maximum absolute atomic E-state index is 13.6. The van der Waals surface area contributed by atoms with Gasteiger partial charge in [-0.2, -0.15) is 4.98 Å². The maximum Gasteiger partial charge on any atom is 0.267 e. The molecule has 8 heteroatoms. The molecule has 6 nitrogen and oxygen atoms in total. The first-order valence-corrected chi connectivity index (χ1v) is 11.4. The molecule has 0 radical (unpaired) electrons. The Bertz CT molecular complexity index is 1150. The highest BCUT2D eigenvalue weighted by Gasteiger charge is 2.42. The minimum Gasteiger partial charge on any atom is -0.491 e. The highest BCUT2D eigenvalue weighted by molar-refractivity contribution is 5.67. The van der Waals surface area contributed by atoms with Gasteiger partial charge in [-0.3, -0.25) is 4.90 Å². The molecule has 1 aromatic heterocycles. The summed E-state index contributed by atoms with van der Waals surface area (Å²) in [4.78, 5) is 6.89. The second-order valence-corrected chi connectivity index (χ2v) is 8.97. The van der Waals surface area contributed by atoms with E-state index in [2.05, 4.69) is 21.1 Å². The Hall–Kier alpha value is -2.84. The number of aliphatic hydroxyl groups excluding tert-OH is 1. The van der Waals surface area contributed by atoms with Crippen molar-refractivity contribution in [2.75, 3.05) is 19.7 Å². The Morgan fingerprint density at radius 2 is 2.09 bits per heavy atom. The molecule has 1 saturated heterocycles. The Labute approximate surface area is 191 Å². The van der Waals surface area contributed by atoms with Crippen molar-refractivity contribution in [3.05, 3.63) is 53.1 Å². The Morgan fingerprint density at radius 1 is 1.24 bits per heavy atom. The quantitative estimate of drug-likeness (QED) is 0.538. The lowest BCUT2D eigenvalue weighted by Crippen LogP contribution is -2.26. The number of alkyl halides is 2. The maximum atomic E-state index is 13.6. The van der Waals surface area contributed by atoms with Gasteiger partial charge < -0.3 is 14.4 Å². The van der Waals surface area contributed by atoms with Crippen LogP contribution in [0, 0.1) is 5.92 Å². The van der Waals surface area contributed by atoms with Gasteiger partial charge in [0.25, 0.3) is 12.3 Å². The van der Waals surface area contributed by atoms with Crippen LogP contribution in [0.2, 0.25) is 0 Å². The molecule has 0 bridgehead atoms. The number of rotatable bonds is 7. The van der Waals surface area contributed by atoms with E-state index in [0.29, 0.717) is 29.9 Å². The SMILES string of the molecule is CC(C)Oc1ccc(-c2nc(-c3cccc4c3CC3CCN(CCO)C43)no2)cc1C(F)F. The molecule has 2 aliphatic rings. The van der Waals surface area contributed by atoms with Crippen LogP contribution in [0.3, 0.4) is 0 Å². The predicted molar refractivity (Wildman–Crippen MR) is 119 cm³/mol. The van der Waals surface area contributed by atoms with Gasteiger partial charge in [-0.1, -0.05) is 23.4 Å². The lowest BCUT2D eigenvalue weighted by atomic mass is 10.0. The number of aliphatic hydroxyl groups is 1. The molecule has 1 aliphatic carbocycles. The van der Waals surface area contributed by atoms with Crippen molar-refractivity contribution in [2.24, 2.45) is 5.92 Å². The average molecular weight is 456 g/mol. The third-order valence-corrected chi connectivity index (χ3v) is 6.53. The van der Waals surface area contributed by atoms with Crippen LogP contribution in [0.4, 0.5) is 8.78 Å². The summed E-state index contributed by atoms with van der Waals surface area (Å²) in [5.41, 5.74) is 3.60. The topological polar surface area (TPSA) is 71.6 Å². The van der Waals surface area contributed by atoms with Crippen LogP contribution in [0.15, 0.2) is 40.9 Å². The van der Waals surface area contributed by atoms with E-state index in [1.54, 1.807) is 19.9 Å². The van der Waals surface area contributed by atoms with Gasteiger partial charge in [0.1, 0.15) is 5.75 Å². The molecule has 2 heterocycles. The standard InChI is InChI=1S/C25H27F2N3O3/c1-14(2)32-21-7-6-16(13-20(21)23(26)27)25-28-24(29-33-25)18-5-3-4-17-19(18)12-15-8-9-30(10-11-31)22(15)17/h3-7,13-15,22-23,31H,8-12H2,1-2H3. The largest absolute Gasteiger partial charge is 0.491 e. The number of nitrogens with zero attached hydrogens (tertiary/aromatic N) is 3. The van der Waals surface area contributed by atoms with Crippen LogP contribution in [0.25, 0.3) is 22.8 Å². The average Bonchev–Trinajstić information content (AvgIpc) is 3.50. The summed E-state index contributed by atoms with van der Waals surface area (Å²) in [5, 5.41) is 13.6. The van der Waals surface area contributed by atoms with E-state index in [1.165, 1.54) is 23.3 Å². The number of fused-ring (bicyclic) bond motifs is 3. The number of hydrogen-bond acceptors (Lipinski definition) is 6. The van der Waals surface area contributed by atoms with E-state index < -0.39 is 6.43 Å². The van der Waals surface area contributed by atoms with E-state index in [9.17, 15) is 13.9 Å². The first-order chi connectivity index (χ1) is 16.0. The van der Waals surface area contributed by atoms with Crippen molar-refractivity contribution in [1.29, 1.82) is 0 Å². The van der Waals surface area contributed by atoms with E-state index in [-0.39, 0.29) is 29.9 Å². The van der Waals surface area contributed by atoms with Crippen molar-refractivity contribution in [3.63, 3.8) is 0 Å². The minimum absolute atomic E-state index is 0.147. The van der Waals surface area contributed by atoms with Gasteiger partial charge in [-0.05, 0) is 68.5 Å². The van der Waals surface area contributed by atoms with Gasteiger partial charge in [0.15, 0.2) is 0 Å². The molecular weight excluding hydrogens is 428 g/mol. The molecule has 1 aliphatic heterocycles. The zero-order chi connectivity index (χ0) is 23.1. The lowest BCUT2D eigenvalue weighted by molar-refractivity contribution is 0.141. The number of ether oxygens (including phenoxy) is 1. The van der Waals surface area contributed by atoms with Crippen LogP contribution in [0.5, 0.6) is 5.75 Å².